The van der Waals surface area contributed by atoms with Gasteiger partial charge in [-0.25, -0.2) is 4.39 Å². The van der Waals surface area contributed by atoms with Crippen LogP contribution in [0.4, 0.5) is 17.6 Å². The molecule has 0 unspecified atom stereocenters. The molecule has 0 saturated carbocycles. The maximum Gasteiger partial charge on any atom is 0.416 e. The van der Waals surface area contributed by atoms with Crippen LogP contribution in [0.15, 0.2) is 18.2 Å². The Morgan fingerprint density at radius 1 is 1.27 bits per heavy atom. The Bertz CT molecular complexity index is 335. The van der Waals surface area contributed by atoms with Gasteiger partial charge in [0.25, 0.3) is 0 Å². The molecule has 1 nitrogen and oxygen atoms in total. The number of hydrogen-bond donors (Lipinski definition) is 1. The average molecular weight is 244 g/mol. The van der Waals surface area contributed by atoms with Gasteiger partial charge in [0.1, 0.15) is 5.82 Å². The van der Waals surface area contributed by atoms with E-state index < -0.39 is 23.6 Å². The van der Waals surface area contributed by atoms with Gasteiger partial charge >= 0.3 is 6.18 Å². The second-order valence-corrected chi connectivity index (χ2v) is 3.02. The van der Waals surface area contributed by atoms with Crippen LogP contribution in [0.25, 0.3) is 0 Å². The highest BCUT2D eigenvalue weighted by Crippen LogP contribution is 2.34. The van der Waals surface area contributed by atoms with Gasteiger partial charge < -0.3 is 5.73 Å². The molecule has 0 aromatic heterocycles. The third kappa shape index (κ3) is 3.35. The lowest BCUT2D eigenvalue weighted by Gasteiger charge is -2.15. The highest BCUT2D eigenvalue weighted by molar-refractivity contribution is 5.85. The smallest absolute Gasteiger partial charge is 0.324 e. The second kappa shape index (κ2) is 4.81. The van der Waals surface area contributed by atoms with Gasteiger partial charge in [-0.05, 0) is 24.6 Å². The Morgan fingerprint density at radius 2 is 1.80 bits per heavy atom. The van der Waals surface area contributed by atoms with Gasteiger partial charge in [-0.2, -0.15) is 13.2 Å². The quantitative estimate of drug-likeness (QED) is 0.753. The molecule has 1 atom stereocenters. The van der Waals surface area contributed by atoms with Gasteiger partial charge in [0.05, 0.1) is 5.56 Å². The minimum Gasteiger partial charge on any atom is -0.324 e. The van der Waals surface area contributed by atoms with Crippen LogP contribution in [0.3, 0.4) is 0 Å². The predicted molar refractivity (Wildman–Crippen MR) is 51.3 cm³/mol. The fraction of sp³-hybridized carbons (Fsp3) is 0.333. The molecule has 0 radical (unpaired) electrons. The number of nitrogens with two attached hydrogens (primary N) is 1. The van der Waals surface area contributed by atoms with Crippen LogP contribution in [-0.2, 0) is 6.18 Å². The van der Waals surface area contributed by atoms with Gasteiger partial charge in [-0.3, -0.25) is 0 Å². The number of benzene rings is 1. The normalized spacial score (nSPS) is 13.2. The van der Waals surface area contributed by atoms with Crippen LogP contribution in [0.2, 0.25) is 0 Å². The van der Waals surface area contributed by atoms with Crippen molar-refractivity contribution in [3.8, 4) is 0 Å². The zero-order valence-corrected chi connectivity index (χ0v) is 8.62. The van der Waals surface area contributed by atoms with Crippen molar-refractivity contribution in [3.63, 3.8) is 0 Å². The maximum atomic E-state index is 12.6. The molecular formula is C9H10ClF4N. The first kappa shape index (κ1) is 14.2. The molecule has 0 spiro atoms. The van der Waals surface area contributed by atoms with E-state index in [-0.39, 0.29) is 18.0 Å². The number of hydrogen-bond acceptors (Lipinski definition) is 1. The summed E-state index contributed by atoms with van der Waals surface area (Å²) in [6, 6.07) is 1.71. The molecule has 0 aliphatic rings. The summed E-state index contributed by atoms with van der Waals surface area (Å²) in [6.07, 6.45) is -4.56. The number of halogens is 5. The van der Waals surface area contributed by atoms with Crippen molar-refractivity contribution < 1.29 is 17.6 Å². The first-order valence-electron chi connectivity index (χ1n) is 3.94. The molecule has 15 heavy (non-hydrogen) atoms. The standard InChI is InChI=1S/C9H9F4N.ClH/c1-5(14)7-3-2-6(10)4-8(7)9(11,12)13;/h2-5H,14H2,1H3;1H/t5-;/m1./s1. The predicted octanol–water partition coefficient (Wildman–Crippen LogP) is 3.29. The highest BCUT2D eigenvalue weighted by atomic mass is 35.5. The van der Waals surface area contributed by atoms with E-state index in [1.54, 1.807) is 0 Å². The third-order valence-corrected chi connectivity index (χ3v) is 1.81. The molecule has 6 heteroatoms. The Balaban J connectivity index is 0.00000196. The summed E-state index contributed by atoms with van der Waals surface area (Å²) in [6.45, 7) is 1.42. The second-order valence-electron chi connectivity index (χ2n) is 3.02. The van der Waals surface area contributed by atoms with E-state index in [1.807, 2.05) is 0 Å². The monoisotopic (exact) mass is 243 g/mol. The lowest BCUT2D eigenvalue weighted by Crippen LogP contribution is -2.15. The number of alkyl halides is 3. The molecule has 0 amide bonds. The van der Waals surface area contributed by atoms with Crippen molar-refractivity contribution in [2.45, 2.75) is 19.1 Å². The SMILES string of the molecule is C[C@@H](N)c1ccc(F)cc1C(F)(F)F.Cl. The zero-order valence-electron chi connectivity index (χ0n) is 7.81. The molecule has 0 bridgehead atoms. The molecule has 86 valence electrons. The molecule has 1 rings (SSSR count). The van der Waals surface area contributed by atoms with Crippen molar-refractivity contribution in [3.05, 3.63) is 35.1 Å². The van der Waals surface area contributed by atoms with Crippen LogP contribution in [0.5, 0.6) is 0 Å². The van der Waals surface area contributed by atoms with E-state index >= 15 is 0 Å². The zero-order chi connectivity index (χ0) is 10.9. The molecule has 0 saturated heterocycles. The summed E-state index contributed by atoms with van der Waals surface area (Å²) in [5.74, 6) is -0.915. The van der Waals surface area contributed by atoms with Gasteiger partial charge in [-0.15, -0.1) is 12.4 Å². The van der Waals surface area contributed by atoms with E-state index in [0.29, 0.717) is 6.07 Å². The summed E-state index contributed by atoms with van der Waals surface area (Å²) < 4.78 is 49.7. The molecule has 1 aromatic carbocycles. The molecule has 0 heterocycles. The van der Waals surface area contributed by atoms with Crippen molar-refractivity contribution in [1.82, 2.24) is 0 Å². The Kier molecular flexibility index (Phi) is 4.55. The van der Waals surface area contributed by atoms with Gasteiger partial charge in [0, 0.05) is 6.04 Å². The largest absolute Gasteiger partial charge is 0.416 e. The lowest BCUT2D eigenvalue weighted by molar-refractivity contribution is -0.138. The summed E-state index contributed by atoms with van der Waals surface area (Å²) in [7, 11) is 0. The Hall–Kier alpha value is -0.810. The van der Waals surface area contributed by atoms with Gasteiger partial charge in [0.2, 0.25) is 0 Å². The van der Waals surface area contributed by atoms with E-state index in [2.05, 4.69) is 0 Å². The third-order valence-electron chi connectivity index (χ3n) is 1.81. The minimum absolute atomic E-state index is 0. The van der Waals surface area contributed by atoms with E-state index in [9.17, 15) is 17.6 Å². The van der Waals surface area contributed by atoms with Crippen molar-refractivity contribution in [2.75, 3.05) is 0 Å². The Morgan fingerprint density at radius 3 is 2.20 bits per heavy atom. The summed E-state index contributed by atoms with van der Waals surface area (Å²) in [5.41, 5.74) is 4.23. The molecule has 2 N–H and O–H groups in total. The molecule has 1 aromatic rings. The summed E-state index contributed by atoms with van der Waals surface area (Å²) in [5, 5.41) is 0. The molecular weight excluding hydrogens is 234 g/mol. The molecule has 0 fully saturated rings. The maximum absolute atomic E-state index is 12.6. The van der Waals surface area contributed by atoms with E-state index in [4.69, 9.17) is 5.73 Å². The average Bonchev–Trinajstić information content (AvgIpc) is 2.01. The van der Waals surface area contributed by atoms with Crippen LogP contribution in [-0.4, -0.2) is 0 Å². The first-order chi connectivity index (χ1) is 6.32. The van der Waals surface area contributed by atoms with Crippen LogP contribution in [0.1, 0.15) is 24.1 Å². The number of rotatable bonds is 1. The molecule has 0 aliphatic carbocycles. The van der Waals surface area contributed by atoms with Gasteiger partial charge in [-0.1, -0.05) is 6.07 Å². The van der Waals surface area contributed by atoms with Crippen LogP contribution in [0, 0.1) is 5.82 Å². The fourth-order valence-corrected chi connectivity index (χ4v) is 1.17. The highest BCUT2D eigenvalue weighted by Gasteiger charge is 2.34. The molecule has 0 aliphatic heterocycles. The van der Waals surface area contributed by atoms with Crippen LogP contribution < -0.4 is 5.73 Å². The van der Waals surface area contributed by atoms with Crippen molar-refractivity contribution in [2.24, 2.45) is 5.73 Å². The van der Waals surface area contributed by atoms with Crippen molar-refractivity contribution in [1.29, 1.82) is 0 Å². The first-order valence-corrected chi connectivity index (χ1v) is 3.94. The van der Waals surface area contributed by atoms with Crippen LogP contribution >= 0.6 is 12.4 Å². The van der Waals surface area contributed by atoms with E-state index in [0.717, 1.165) is 12.1 Å². The Labute approximate surface area is 90.7 Å². The van der Waals surface area contributed by atoms with Crippen molar-refractivity contribution >= 4 is 12.4 Å². The topological polar surface area (TPSA) is 26.0 Å². The summed E-state index contributed by atoms with van der Waals surface area (Å²) >= 11 is 0. The minimum atomic E-state index is -4.56. The lowest BCUT2D eigenvalue weighted by atomic mass is 10.0. The fourth-order valence-electron chi connectivity index (χ4n) is 1.17. The summed E-state index contributed by atoms with van der Waals surface area (Å²) in [4.78, 5) is 0. The van der Waals surface area contributed by atoms with Gasteiger partial charge in [0.15, 0.2) is 0 Å². The van der Waals surface area contributed by atoms with E-state index in [1.165, 1.54) is 6.92 Å².